The van der Waals surface area contributed by atoms with E-state index in [2.05, 4.69) is 21.2 Å². The van der Waals surface area contributed by atoms with Crippen LogP contribution in [-0.4, -0.2) is 12.5 Å². The van der Waals surface area contributed by atoms with Gasteiger partial charge >= 0.3 is 0 Å². The van der Waals surface area contributed by atoms with Gasteiger partial charge < -0.3 is 10.1 Å². The second-order valence-corrected chi connectivity index (χ2v) is 5.87. The standard InChI is InChI=1S/C17H17BrFNO2/c1-10-8-15(11(2)12(3)17(10)18)22-9-16(21)20-14-7-5-4-6-13(14)19/h4-8H,9H2,1-3H3,(H,20,21). The lowest BCUT2D eigenvalue weighted by Crippen LogP contribution is -2.21. The molecular formula is C17H17BrFNO2. The maximum Gasteiger partial charge on any atom is 0.262 e. The summed E-state index contributed by atoms with van der Waals surface area (Å²) in [7, 11) is 0. The van der Waals surface area contributed by atoms with Crippen LogP contribution in [-0.2, 0) is 4.79 Å². The predicted molar refractivity (Wildman–Crippen MR) is 88.9 cm³/mol. The molecule has 0 aliphatic carbocycles. The Kier molecular flexibility index (Phi) is 5.19. The van der Waals surface area contributed by atoms with E-state index in [0.29, 0.717) is 5.75 Å². The normalized spacial score (nSPS) is 10.4. The Bertz CT molecular complexity index is 716. The molecule has 0 aliphatic heterocycles. The van der Waals surface area contributed by atoms with Crippen LogP contribution < -0.4 is 10.1 Å². The van der Waals surface area contributed by atoms with Gasteiger partial charge in [-0.3, -0.25) is 4.79 Å². The highest BCUT2D eigenvalue weighted by Crippen LogP contribution is 2.31. The fourth-order valence-corrected chi connectivity index (χ4v) is 2.47. The van der Waals surface area contributed by atoms with Crippen molar-refractivity contribution in [1.29, 1.82) is 0 Å². The van der Waals surface area contributed by atoms with Gasteiger partial charge in [0.1, 0.15) is 11.6 Å². The van der Waals surface area contributed by atoms with E-state index in [0.717, 1.165) is 21.2 Å². The van der Waals surface area contributed by atoms with E-state index in [-0.39, 0.29) is 12.3 Å². The Morgan fingerprint density at radius 3 is 2.59 bits per heavy atom. The molecule has 1 N–H and O–H groups in total. The summed E-state index contributed by atoms with van der Waals surface area (Å²) in [4.78, 5) is 11.9. The van der Waals surface area contributed by atoms with Crippen molar-refractivity contribution in [3.05, 3.63) is 57.3 Å². The third-order valence-electron chi connectivity index (χ3n) is 3.46. The van der Waals surface area contributed by atoms with Crippen molar-refractivity contribution in [3.8, 4) is 5.75 Å². The van der Waals surface area contributed by atoms with Crippen molar-refractivity contribution in [2.24, 2.45) is 0 Å². The average Bonchev–Trinajstić information content (AvgIpc) is 2.50. The largest absolute Gasteiger partial charge is 0.483 e. The molecule has 0 spiro atoms. The van der Waals surface area contributed by atoms with Crippen molar-refractivity contribution in [2.45, 2.75) is 20.8 Å². The fourth-order valence-electron chi connectivity index (χ4n) is 2.06. The van der Waals surface area contributed by atoms with E-state index in [9.17, 15) is 9.18 Å². The summed E-state index contributed by atoms with van der Waals surface area (Å²) < 4.78 is 20.1. The topological polar surface area (TPSA) is 38.3 Å². The molecule has 116 valence electrons. The first kappa shape index (κ1) is 16.5. The van der Waals surface area contributed by atoms with Crippen LogP contribution in [0.5, 0.6) is 5.75 Å². The molecule has 0 saturated carbocycles. The number of carbonyl (C=O) groups excluding carboxylic acids is 1. The molecule has 0 aliphatic rings. The highest BCUT2D eigenvalue weighted by atomic mass is 79.9. The molecule has 0 unspecified atom stereocenters. The van der Waals surface area contributed by atoms with Crippen molar-refractivity contribution in [2.75, 3.05) is 11.9 Å². The Morgan fingerprint density at radius 1 is 1.23 bits per heavy atom. The number of hydrogen-bond acceptors (Lipinski definition) is 2. The third kappa shape index (κ3) is 3.65. The molecule has 2 aromatic carbocycles. The maximum absolute atomic E-state index is 13.5. The van der Waals surface area contributed by atoms with Crippen LogP contribution in [0.3, 0.4) is 0 Å². The minimum Gasteiger partial charge on any atom is -0.483 e. The molecule has 5 heteroatoms. The van der Waals surface area contributed by atoms with Gasteiger partial charge in [0.25, 0.3) is 5.91 Å². The predicted octanol–water partition coefficient (Wildman–Crippen LogP) is 4.53. The monoisotopic (exact) mass is 365 g/mol. The highest BCUT2D eigenvalue weighted by Gasteiger charge is 2.12. The fraction of sp³-hybridized carbons (Fsp3) is 0.235. The van der Waals surface area contributed by atoms with E-state index >= 15 is 0 Å². The number of aryl methyl sites for hydroxylation is 1. The second kappa shape index (κ2) is 6.92. The lowest BCUT2D eigenvalue weighted by Gasteiger charge is -2.14. The van der Waals surface area contributed by atoms with Crippen LogP contribution in [0.25, 0.3) is 0 Å². The van der Waals surface area contributed by atoms with Crippen molar-refractivity contribution >= 4 is 27.5 Å². The number of carbonyl (C=O) groups is 1. The number of nitrogens with one attached hydrogen (secondary N) is 1. The van der Waals surface area contributed by atoms with Crippen LogP contribution >= 0.6 is 15.9 Å². The molecule has 2 aromatic rings. The molecule has 0 atom stereocenters. The van der Waals surface area contributed by atoms with E-state index in [1.54, 1.807) is 12.1 Å². The van der Waals surface area contributed by atoms with Crippen LogP contribution in [0, 0.1) is 26.6 Å². The zero-order valence-corrected chi connectivity index (χ0v) is 14.3. The van der Waals surface area contributed by atoms with Gasteiger partial charge in [-0.1, -0.05) is 28.1 Å². The first-order valence-corrected chi connectivity index (χ1v) is 7.63. The van der Waals surface area contributed by atoms with Gasteiger partial charge in [-0.15, -0.1) is 0 Å². The number of amides is 1. The zero-order valence-electron chi connectivity index (χ0n) is 12.7. The summed E-state index contributed by atoms with van der Waals surface area (Å²) in [6.07, 6.45) is 0. The zero-order chi connectivity index (χ0) is 16.3. The average molecular weight is 366 g/mol. The van der Waals surface area contributed by atoms with E-state index in [1.165, 1.54) is 12.1 Å². The van der Waals surface area contributed by atoms with Crippen LogP contribution in [0.4, 0.5) is 10.1 Å². The lowest BCUT2D eigenvalue weighted by molar-refractivity contribution is -0.118. The first-order chi connectivity index (χ1) is 10.4. The lowest BCUT2D eigenvalue weighted by atomic mass is 10.1. The maximum atomic E-state index is 13.5. The van der Waals surface area contributed by atoms with Gasteiger partial charge in [0.2, 0.25) is 0 Å². The number of hydrogen-bond donors (Lipinski definition) is 1. The Balaban J connectivity index is 2.05. The first-order valence-electron chi connectivity index (χ1n) is 6.83. The molecule has 22 heavy (non-hydrogen) atoms. The molecule has 0 radical (unpaired) electrons. The van der Waals surface area contributed by atoms with Crippen LogP contribution in [0.15, 0.2) is 34.8 Å². The Hall–Kier alpha value is -1.88. The quantitative estimate of drug-likeness (QED) is 0.864. The van der Waals surface area contributed by atoms with Crippen molar-refractivity contribution < 1.29 is 13.9 Å². The summed E-state index contributed by atoms with van der Waals surface area (Å²) in [5.74, 6) is -0.216. The number of ether oxygens (including phenoxy) is 1. The summed E-state index contributed by atoms with van der Waals surface area (Å²) >= 11 is 3.52. The molecular weight excluding hydrogens is 349 g/mol. The van der Waals surface area contributed by atoms with E-state index in [1.807, 2.05) is 26.8 Å². The number of benzene rings is 2. The summed E-state index contributed by atoms with van der Waals surface area (Å²) in [6, 6.07) is 7.90. The van der Waals surface area contributed by atoms with Gasteiger partial charge in [-0.05, 0) is 55.7 Å². The van der Waals surface area contributed by atoms with E-state index in [4.69, 9.17) is 4.74 Å². The highest BCUT2D eigenvalue weighted by molar-refractivity contribution is 9.10. The van der Waals surface area contributed by atoms with Gasteiger partial charge in [0, 0.05) is 4.47 Å². The molecule has 3 nitrogen and oxygen atoms in total. The molecule has 0 bridgehead atoms. The molecule has 2 rings (SSSR count). The summed E-state index contributed by atoms with van der Waals surface area (Å²) in [6.45, 7) is 5.71. The smallest absolute Gasteiger partial charge is 0.262 e. The van der Waals surface area contributed by atoms with Crippen LogP contribution in [0.2, 0.25) is 0 Å². The van der Waals surface area contributed by atoms with Gasteiger partial charge in [-0.2, -0.15) is 0 Å². The molecule has 0 aromatic heterocycles. The number of halogens is 2. The number of para-hydroxylation sites is 1. The minimum atomic E-state index is -0.470. The van der Waals surface area contributed by atoms with E-state index < -0.39 is 11.7 Å². The van der Waals surface area contributed by atoms with Gasteiger partial charge in [0.15, 0.2) is 6.61 Å². The van der Waals surface area contributed by atoms with Crippen LogP contribution in [0.1, 0.15) is 16.7 Å². The molecule has 0 fully saturated rings. The summed E-state index contributed by atoms with van der Waals surface area (Å²) in [5, 5.41) is 2.49. The third-order valence-corrected chi connectivity index (χ3v) is 4.68. The van der Waals surface area contributed by atoms with Gasteiger partial charge in [-0.25, -0.2) is 4.39 Å². The SMILES string of the molecule is Cc1cc(OCC(=O)Nc2ccccc2F)c(C)c(C)c1Br. The number of rotatable bonds is 4. The molecule has 0 saturated heterocycles. The van der Waals surface area contributed by atoms with Crippen molar-refractivity contribution in [3.63, 3.8) is 0 Å². The Labute approximate surface area is 137 Å². The summed E-state index contributed by atoms with van der Waals surface area (Å²) in [5.41, 5.74) is 3.23. The Morgan fingerprint density at radius 2 is 1.91 bits per heavy atom. The molecule has 1 amide bonds. The minimum absolute atomic E-state index is 0.149. The number of anilines is 1. The van der Waals surface area contributed by atoms with Gasteiger partial charge in [0.05, 0.1) is 5.69 Å². The van der Waals surface area contributed by atoms with Crippen molar-refractivity contribution in [1.82, 2.24) is 0 Å². The second-order valence-electron chi connectivity index (χ2n) is 5.07. The molecule has 0 heterocycles.